The van der Waals surface area contributed by atoms with Gasteiger partial charge in [-0.05, 0) is 55.3 Å². The number of amides is 1. The summed E-state index contributed by atoms with van der Waals surface area (Å²) in [6.45, 7) is 4.07. The maximum Gasteiger partial charge on any atom is 0.408 e. The molecule has 0 unspecified atom stereocenters. The van der Waals surface area contributed by atoms with Crippen LogP contribution in [0.5, 0.6) is 5.75 Å². The summed E-state index contributed by atoms with van der Waals surface area (Å²) in [6.07, 6.45) is -0.504. The van der Waals surface area contributed by atoms with Gasteiger partial charge in [0.15, 0.2) is 6.73 Å². The van der Waals surface area contributed by atoms with Crippen LogP contribution in [0.3, 0.4) is 0 Å². The molecule has 6 heteroatoms. The molecule has 0 aliphatic heterocycles. The molecule has 1 N–H and O–H groups in total. The minimum atomic E-state index is -0.504. The molecule has 4 aromatic rings. The molecule has 0 aliphatic carbocycles. The molecule has 4 rings (SSSR count). The highest BCUT2D eigenvalue weighted by Gasteiger charge is 2.22. The van der Waals surface area contributed by atoms with Gasteiger partial charge in [0.1, 0.15) is 5.75 Å². The second-order valence-electron chi connectivity index (χ2n) is 7.40. The van der Waals surface area contributed by atoms with Crippen molar-refractivity contribution >= 4 is 39.3 Å². The minimum Gasteiger partial charge on any atom is -0.494 e. The number of pyridine rings is 1. The van der Waals surface area contributed by atoms with Gasteiger partial charge in [0.2, 0.25) is 0 Å². The van der Waals surface area contributed by atoms with E-state index in [1.807, 2.05) is 48.2 Å². The van der Waals surface area contributed by atoms with Crippen LogP contribution in [-0.4, -0.2) is 32.0 Å². The fraction of sp³-hybridized carbons (Fsp3) is 0.200. The molecule has 0 aliphatic rings. The fourth-order valence-corrected chi connectivity index (χ4v) is 3.77. The van der Waals surface area contributed by atoms with Crippen molar-refractivity contribution in [3.8, 4) is 5.75 Å². The van der Waals surface area contributed by atoms with Crippen molar-refractivity contribution in [3.63, 3.8) is 0 Å². The van der Waals surface area contributed by atoms with Gasteiger partial charge in [0.05, 0.1) is 23.8 Å². The van der Waals surface area contributed by atoms with E-state index in [1.165, 1.54) is 7.05 Å². The van der Waals surface area contributed by atoms with Gasteiger partial charge < -0.3 is 19.7 Å². The molecular formula is C25H25N3O3. The summed E-state index contributed by atoms with van der Waals surface area (Å²) in [5.41, 5.74) is 5.59. The predicted molar refractivity (Wildman–Crippen MR) is 124 cm³/mol. The third-order valence-electron chi connectivity index (χ3n) is 5.25. The van der Waals surface area contributed by atoms with Crippen LogP contribution in [0.25, 0.3) is 21.8 Å². The van der Waals surface area contributed by atoms with Crippen LogP contribution < -0.4 is 15.0 Å². The molecule has 0 spiro atoms. The van der Waals surface area contributed by atoms with Crippen molar-refractivity contribution < 1.29 is 14.3 Å². The standard InChI is InChI=1S/C25H25N3O3/c1-16-10-11-18-14-20-22(27-21(18)12-16)13-17(2)24(30-4)23(20)28(15-31-25(29)26-3)19-8-6-5-7-9-19/h5-14H,15H2,1-4H3,(H,26,29). The van der Waals surface area contributed by atoms with Crippen molar-refractivity contribution in [2.24, 2.45) is 0 Å². The van der Waals surface area contributed by atoms with Crippen LogP contribution in [0.2, 0.25) is 0 Å². The largest absolute Gasteiger partial charge is 0.494 e. The average Bonchev–Trinajstić information content (AvgIpc) is 2.78. The zero-order chi connectivity index (χ0) is 22.0. The molecule has 158 valence electrons. The summed E-state index contributed by atoms with van der Waals surface area (Å²) in [5.74, 6) is 0.713. The lowest BCUT2D eigenvalue weighted by Gasteiger charge is -2.28. The summed E-state index contributed by atoms with van der Waals surface area (Å²) in [5, 5.41) is 4.45. The number of nitrogens with zero attached hydrogens (tertiary/aromatic N) is 2. The number of benzene rings is 3. The van der Waals surface area contributed by atoms with Crippen LogP contribution >= 0.6 is 0 Å². The summed E-state index contributed by atoms with van der Waals surface area (Å²) in [7, 11) is 3.19. The first-order chi connectivity index (χ1) is 15.0. The van der Waals surface area contributed by atoms with E-state index < -0.39 is 6.09 Å². The summed E-state index contributed by atoms with van der Waals surface area (Å²) in [4.78, 5) is 18.7. The molecule has 31 heavy (non-hydrogen) atoms. The predicted octanol–water partition coefficient (Wildman–Crippen LogP) is 5.47. The monoisotopic (exact) mass is 415 g/mol. The lowest BCUT2D eigenvalue weighted by atomic mass is 10.0. The highest BCUT2D eigenvalue weighted by atomic mass is 16.6. The number of para-hydroxylation sites is 1. The Morgan fingerprint density at radius 2 is 1.81 bits per heavy atom. The van der Waals surface area contributed by atoms with Crippen LogP contribution in [-0.2, 0) is 4.74 Å². The number of aromatic nitrogens is 1. The number of anilines is 2. The van der Waals surface area contributed by atoms with Crippen molar-refractivity contribution in [2.45, 2.75) is 13.8 Å². The third kappa shape index (κ3) is 3.97. The van der Waals surface area contributed by atoms with Crippen LogP contribution in [0.4, 0.5) is 16.2 Å². The molecule has 0 saturated carbocycles. The quantitative estimate of drug-likeness (QED) is 0.346. The van der Waals surface area contributed by atoms with Gasteiger partial charge >= 0.3 is 6.09 Å². The number of fused-ring (bicyclic) bond motifs is 2. The highest BCUT2D eigenvalue weighted by molar-refractivity contribution is 6.04. The Bertz CT molecular complexity index is 1260. The minimum absolute atomic E-state index is 0.0184. The second kappa shape index (κ2) is 8.52. The van der Waals surface area contributed by atoms with Crippen LogP contribution in [0, 0.1) is 13.8 Å². The van der Waals surface area contributed by atoms with Crippen molar-refractivity contribution in [1.29, 1.82) is 0 Å². The summed E-state index contributed by atoms with van der Waals surface area (Å²) in [6, 6.07) is 20.2. The molecule has 0 radical (unpaired) electrons. The van der Waals surface area contributed by atoms with Crippen molar-refractivity contribution in [1.82, 2.24) is 10.3 Å². The number of rotatable bonds is 5. The number of hydrogen-bond donors (Lipinski definition) is 1. The number of nitrogens with one attached hydrogen (secondary N) is 1. The number of methoxy groups -OCH3 is 1. The van der Waals surface area contributed by atoms with Crippen LogP contribution in [0.1, 0.15) is 11.1 Å². The number of carbonyl (C=O) groups is 1. The topological polar surface area (TPSA) is 63.7 Å². The normalized spacial score (nSPS) is 10.8. The van der Waals surface area contributed by atoms with Crippen molar-refractivity contribution in [3.05, 3.63) is 71.8 Å². The molecule has 3 aromatic carbocycles. The molecular weight excluding hydrogens is 390 g/mol. The number of aryl methyl sites for hydroxylation is 2. The van der Waals surface area contributed by atoms with Gasteiger partial charge in [-0.15, -0.1) is 0 Å². The lowest BCUT2D eigenvalue weighted by molar-refractivity contribution is 0.151. The molecule has 0 atom stereocenters. The summed E-state index contributed by atoms with van der Waals surface area (Å²) >= 11 is 0. The third-order valence-corrected chi connectivity index (χ3v) is 5.25. The Hall–Kier alpha value is -3.80. The molecule has 0 fully saturated rings. The maximum absolute atomic E-state index is 11.9. The summed E-state index contributed by atoms with van der Waals surface area (Å²) < 4.78 is 11.3. The number of ether oxygens (including phenoxy) is 2. The Balaban J connectivity index is 2.00. The molecule has 0 bridgehead atoms. The van der Waals surface area contributed by atoms with Gasteiger partial charge in [-0.1, -0.05) is 30.3 Å². The second-order valence-corrected chi connectivity index (χ2v) is 7.40. The Morgan fingerprint density at radius 1 is 1.03 bits per heavy atom. The van der Waals surface area contributed by atoms with E-state index in [0.29, 0.717) is 5.75 Å². The van der Waals surface area contributed by atoms with Crippen molar-refractivity contribution in [2.75, 3.05) is 25.8 Å². The zero-order valence-electron chi connectivity index (χ0n) is 18.1. The lowest BCUT2D eigenvalue weighted by Crippen LogP contribution is -2.28. The smallest absolute Gasteiger partial charge is 0.408 e. The molecule has 0 saturated heterocycles. The highest BCUT2D eigenvalue weighted by Crippen LogP contribution is 2.42. The van der Waals surface area contributed by atoms with Gasteiger partial charge in [0, 0.05) is 23.5 Å². The Morgan fingerprint density at radius 3 is 2.52 bits per heavy atom. The Labute approximate surface area is 181 Å². The van der Waals surface area contributed by atoms with Gasteiger partial charge in [-0.3, -0.25) is 0 Å². The van der Waals surface area contributed by atoms with E-state index in [0.717, 1.165) is 44.3 Å². The van der Waals surface area contributed by atoms with E-state index in [4.69, 9.17) is 14.5 Å². The van der Waals surface area contributed by atoms with E-state index >= 15 is 0 Å². The Kier molecular flexibility index (Phi) is 5.62. The first-order valence-corrected chi connectivity index (χ1v) is 10.1. The van der Waals surface area contributed by atoms with Gasteiger partial charge in [0.25, 0.3) is 0 Å². The number of hydrogen-bond acceptors (Lipinski definition) is 5. The first kappa shape index (κ1) is 20.5. The van der Waals surface area contributed by atoms with E-state index in [2.05, 4.69) is 36.5 Å². The first-order valence-electron chi connectivity index (χ1n) is 10.1. The van der Waals surface area contributed by atoms with E-state index in [1.54, 1.807) is 7.11 Å². The molecule has 1 amide bonds. The number of alkyl carbamates (subject to hydrolysis) is 1. The van der Waals surface area contributed by atoms with E-state index in [9.17, 15) is 4.79 Å². The zero-order valence-corrected chi connectivity index (χ0v) is 18.1. The van der Waals surface area contributed by atoms with Gasteiger partial charge in [-0.25, -0.2) is 9.78 Å². The molecule has 1 heterocycles. The average molecular weight is 415 g/mol. The molecule has 1 aromatic heterocycles. The SMILES string of the molecule is CNC(=O)OCN(c1ccccc1)c1c(OC)c(C)cc2nc3cc(C)ccc3cc12. The van der Waals surface area contributed by atoms with Gasteiger partial charge in [-0.2, -0.15) is 0 Å². The van der Waals surface area contributed by atoms with Crippen LogP contribution in [0.15, 0.2) is 60.7 Å². The van der Waals surface area contributed by atoms with E-state index in [-0.39, 0.29) is 6.73 Å². The number of carbonyl (C=O) groups excluding carboxylic acids is 1. The maximum atomic E-state index is 11.9. The fourth-order valence-electron chi connectivity index (χ4n) is 3.77. The molecule has 6 nitrogen and oxygen atoms in total.